The fourth-order valence-corrected chi connectivity index (χ4v) is 4.07. The Morgan fingerprint density at radius 1 is 1.39 bits per heavy atom. The summed E-state index contributed by atoms with van der Waals surface area (Å²) in [5.41, 5.74) is -0.155. The van der Waals surface area contributed by atoms with Gasteiger partial charge in [-0.2, -0.15) is 0 Å². The first-order valence-corrected chi connectivity index (χ1v) is 7.16. The molecule has 18 heavy (non-hydrogen) atoms. The van der Waals surface area contributed by atoms with Crippen LogP contribution in [0.25, 0.3) is 0 Å². The predicted octanol–water partition coefficient (Wildman–Crippen LogP) is 1.96. The van der Waals surface area contributed by atoms with Crippen molar-refractivity contribution in [2.45, 2.75) is 39.0 Å². The van der Waals surface area contributed by atoms with Gasteiger partial charge in [-0.15, -0.1) is 12.4 Å². The summed E-state index contributed by atoms with van der Waals surface area (Å²) in [6.07, 6.45) is 6.62. The van der Waals surface area contributed by atoms with Crippen molar-refractivity contribution >= 4 is 18.3 Å². The van der Waals surface area contributed by atoms with Crippen LogP contribution in [0.15, 0.2) is 0 Å². The van der Waals surface area contributed by atoms with Gasteiger partial charge in [0.15, 0.2) is 0 Å². The molecule has 2 N–H and O–H groups in total. The minimum atomic E-state index is -0.155. The molecule has 104 valence electrons. The Hall–Kier alpha value is -0.280. The summed E-state index contributed by atoms with van der Waals surface area (Å²) in [6, 6.07) is 0. The number of nitrogens with one attached hydrogen (secondary N) is 2. The van der Waals surface area contributed by atoms with Crippen molar-refractivity contribution in [2.24, 2.45) is 23.2 Å². The highest BCUT2D eigenvalue weighted by molar-refractivity contribution is 5.85. The fraction of sp³-hybridized carbons (Fsp3) is 0.929. The maximum absolute atomic E-state index is 12.2. The van der Waals surface area contributed by atoms with Crippen molar-refractivity contribution in [2.75, 3.05) is 19.6 Å². The number of halogens is 1. The highest BCUT2D eigenvalue weighted by Gasteiger charge is 2.41. The average Bonchev–Trinajstić information content (AvgIpc) is 3.01. The van der Waals surface area contributed by atoms with Gasteiger partial charge in [0.25, 0.3) is 0 Å². The largest absolute Gasteiger partial charge is 0.355 e. The molecule has 4 heteroatoms. The lowest BCUT2D eigenvalue weighted by Crippen LogP contribution is -2.42. The van der Waals surface area contributed by atoms with Gasteiger partial charge in [-0.25, -0.2) is 0 Å². The smallest absolute Gasteiger partial charge is 0.227 e. The molecule has 1 heterocycles. The van der Waals surface area contributed by atoms with Crippen molar-refractivity contribution in [3.63, 3.8) is 0 Å². The molecule has 1 aliphatic heterocycles. The number of rotatable bonds is 3. The molecule has 1 amide bonds. The van der Waals surface area contributed by atoms with E-state index >= 15 is 0 Å². The first kappa shape index (κ1) is 14.1. The summed E-state index contributed by atoms with van der Waals surface area (Å²) in [5.74, 6) is 2.93. The van der Waals surface area contributed by atoms with E-state index in [9.17, 15) is 4.79 Å². The Balaban J connectivity index is 0.00000120. The van der Waals surface area contributed by atoms with E-state index in [-0.39, 0.29) is 23.7 Å². The first-order valence-electron chi connectivity index (χ1n) is 7.16. The number of carbonyl (C=O) groups excluding carboxylic acids is 1. The minimum absolute atomic E-state index is 0. The van der Waals surface area contributed by atoms with Crippen molar-refractivity contribution < 1.29 is 4.79 Å². The molecule has 0 spiro atoms. The molecule has 4 unspecified atom stereocenters. The Morgan fingerprint density at radius 2 is 2.22 bits per heavy atom. The maximum atomic E-state index is 12.2. The monoisotopic (exact) mass is 272 g/mol. The molecule has 3 rings (SSSR count). The number of amides is 1. The summed E-state index contributed by atoms with van der Waals surface area (Å²) in [6.45, 7) is 4.84. The molecular formula is C14H25ClN2O. The molecule has 3 fully saturated rings. The lowest BCUT2D eigenvalue weighted by molar-refractivity contribution is -0.129. The van der Waals surface area contributed by atoms with E-state index in [1.165, 1.54) is 25.7 Å². The zero-order valence-electron chi connectivity index (χ0n) is 11.2. The quantitative estimate of drug-likeness (QED) is 0.825. The van der Waals surface area contributed by atoms with E-state index in [2.05, 4.69) is 17.6 Å². The minimum Gasteiger partial charge on any atom is -0.355 e. The van der Waals surface area contributed by atoms with Crippen LogP contribution in [0.4, 0.5) is 0 Å². The average molecular weight is 273 g/mol. The van der Waals surface area contributed by atoms with E-state index < -0.39 is 0 Å². The molecule has 4 atom stereocenters. The van der Waals surface area contributed by atoms with Crippen LogP contribution in [0, 0.1) is 23.2 Å². The van der Waals surface area contributed by atoms with E-state index in [0.29, 0.717) is 0 Å². The Kier molecular flexibility index (Phi) is 4.22. The third-order valence-electron chi connectivity index (χ3n) is 5.33. The van der Waals surface area contributed by atoms with E-state index in [0.717, 1.165) is 43.8 Å². The maximum Gasteiger partial charge on any atom is 0.227 e. The molecule has 0 radical (unpaired) electrons. The zero-order chi connectivity index (χ0) is 11.9. The van der Waals surface area contributed by atoms with Crippen LogP contribution >= 0.6 is 12.4 Å². The number of hydrogen-bond acceptors (Lipinski definition) is 2. The van der Waals surface area contributed by atoms with Gasteiger partial charge in [0.2, 0.25) is 5.91 Å². The summed E-state index contributed by atoms with van der Waals surface area (Å²) >= 11 is 0. The van der Waals surface area contributed by atoms with Crippen LogP contribution < -0.4 is 10.6 Å². The zero-order valence-corrected chi connectivity index (χ0v) is 12.0. The van der Waals surface area contributed by atoms with Crippen LogP contribution in [-0.4, -0.2) is 25.5 Å². The van der Waals surface area contributed by atoms with E-state index in [1.54, 1.807) is 0 Å². The van der Waals surface area contributed by atoms with E-state index in [4.69, 9.17) is 0 Å². The summed E-state index contributed by atoms with van der Waals surface area (Å²) in [4.78, 5) is 12.2. The topological polar surface area (TPSA) is 41.1 Å². The molecule has 2 bridgehead atoms. The predicted molar refractivity (Wildman–Crippen MR) is 74.8 cm³/mol. The highest BCUT2D eigenvalue weighted by atomic mass is 35.5. The molecule has 1 saturated heterocycles. The normalized spacial score (nSPS) is 41.7. The van der Waals surface area contributed by atoms with Gasteiger partial charge >= 0.3 is 0 Å². The Bertz CT molecular complexity index is 315. The fourth-order valence-electron chi connectivity index (χ4n) is 4.07. The van der Waals surface area contributed by atoms with Gasteiger partial charge < -0.3 is 10.6 Å². The van der Waals surface area contributed by atoms with Crippen molar-refractivity contribution in [1.29, 1.82) is 0 Å². The van der Waals surface area contributed by atoms with Crippen LogP contribution in [0.3, 0.4) is 0 Å². The second-order valence-corrected chi connectivity index (χ2v) is 6.63. The van der Waals surface area contributed by atoms with Gasteiger partial charge in [-0.3, -0.25) is 4.79 Å². The number of carbonyl (C=O) groups is 1. The number of hydrogen-bond donors (Lipinski definition) is 2. The van der Waals surface area contributed by atoms with Crippen LogP contribution in [0.5, 0.6) is 0 Å². The standard InChI is InChI=1S/C14H24N2O.ClH/c1-14(4-5-15-9-14)13(17)16-8-12-7-10-2-3-11(12)6-10;/h10-12,15H,2-9H2,1H3,(H,16,17);1H. The lowest BCUT2D eigenvalue weighted by Gasteiger charge is -2.26. The summed E-state index contributed by atoms with van der Waals surface area (Å²) in [7, 11) is 0. The molecule has 0 aromatic heterocycles. The SMILES string of the molecule is CC1(C(=O)NCC2CC3CCC2C3)CCNC1.Cl. The Morgan fingerprint density at radius 3 is 2.78 bits per heavy atom. The van der Waals surface area contributed by atoms with Gasteiger partial charge in [0.1, 0.15) is 0 Å². The Labute approximate surface area is 116 Å². The highest BCUT2D eigenvalue weighted by Crippen LogP contribution is 2.48. The van der Waals surface area contributed by atoms with Crippen molar-refractivity contribution in [3.05, 3.63) is 0 Å². The van der Waals surface area contributed by atoms with Crippen LogP contribution in [0.2, 0.25) is 0 Å². The van der Waals surface area contributed by atoms with Gasteiger partial charge in [0, 0.05) is 13.1 Å². The third-order valence-corrected chi connectivity index (χ3v) is 5.33. The number of fused-ring (bicyclic) bond motifs is 2. The first-order chi connectivity index (χ1) is 8.17. The molecular weight excluding hydrogens is 248 g/mol. The second kappa shape index (κ2) is 5.38. The molecule has 0 aromatic rings. The lowest BCUT2D eigenvalue weighted by atomic mass is 9.86. The van der Waals surface area contributed by atoms with Crippen LogP contribution in [-0.2, 0) is 4.79 Å². The van der Waals surface area contributed by atoms with Crippen molar-refractivity contribution in [3.8, 4) is 0 Å². The molecule has 3 nitrogen and oxygen atoms in total. The summed E-state index contributed by atoms with van der Waals surface area (Å²) in [5, 5.41) is 6.50. The summed E-state index contributed by atoms with van der Waals surface area (Å²) < 4.78 is 0. The molecule has 2 saturated carbocycles. The van der Waals surface area contributed by atoms with Crippen molar-refractivity contribution in [1.82, 2.24) is 10.6 Å². The van der Waals surface area contributed by atoms with Gasteiger partial charge in [-0.05, 0) is 56.9 Å². The second-order valence-electron chi connectivity index (χ2n) is 6.63. The third kappa shape index (κ3) is 2.53. The van der Waals surface area contributed by atoms with Gasteiger partial charge in [0.05, 0.1) is 5.41 Å². The molecule has 0 aromatic carbocycles. The molecule has 2 aliphatic carbocycles. The molecule has 3 aliphatic rings. The van der Waals surface area contributed by atoms with Crippen LogP contribution in [0.1, 0.15) is 39.0 Å². The van der Waals surface area contributed by atoms with E-state index in [1.807, 2.05) is 0 Å². The van der Waals surface area contributed by atoms with Gasteiger partial charge in [-0.1, -0.05) is 6.42 Å².